The van der Waals surface area contributed by atoms with Crippen LogP contribution in [0, 0.1) is 22.2 Å². The highest BCUT2D eigenvalue weighted by Gasteiger charge is 2.41. The van der Waals surface area contributed by atoms with Crippen molar-refractivity contribution in [2.75, 3.05) is 19.8 Å². The summed E-state index contributed by atoms with van der Waals surface area (Å²) >= 11 is 0. The van der Waals surface area contributed by atoms with Gasteiger partial charge in [-0.2, -0.15) is 5.26 Å². The molecule has 0 aromatic carbocycles. The third-order valence-corrected chi connectivity index (χ3v) is 4.73. The molecular weight excluding hydrogens is 240 g/mol. The van der Waals surface area contributed by atoms with E-state index in [0.717, 1.165) is 0 Å². The lowest BCUT2D eigenvalue weighted by Crippen LogP contribution is -2.47. The van der Waals surface area contributed by atoms with Crippen molar-refractivity contribution in [2.45, 2.75) is 51.9 Å². The average molecular weight is 264 g/mol. The molecule has 0 aromatic rings. The highest BCUT2D eigenvalue weighted by molar-refractivity contribution is 5.85. The van der Waals surface area contributed by atoms with Crippen LogP contribution in [0.25, 0.3) is 0 Å². The van der Waals surface area contributed by atoms with Gasteiger partial charge in [-0.3, -0.25) is 4.79 Å². The molecular formula is C15H24N2O2. The summed E-state index contributed by atoms with van der Waals surface area (Å²) in [7, 11) is 0. The number of carbonyl (C=O) groups excluding carboxylic acids is 1. The van der Waals surface area contributed by atoms with Crippen molar-refractivity contribution in [1.29, 1.82) is 5.26 Å². The van der Waals surface area contributed by atoms with Gasteiger partial charge in [-0.1, -0.05) is 26.2 Å². The van der Waals surface area contributed by atoms with Gasteiger partial charge in [-0.25, -0.2) is 0 Å². The molecule has 1 heterocycles. The molecule has 106 valence electrons. The van der Waals surface area contributed by atoms with E-state index in [-0.39, 0.29) is 11.3 Å². The van der Waals surface area contributed by atoms with Crippen LogP contribution < -0.4 is 5.32 Å². The molecule has 1 aliphatic heterocycles. The second-order valence-corrected chi connectivity index (χ2v) is 6.36. The normalized spacial score (nSPS) is 25.3. The molecule has 0 atom stereocenters. The van der Waals surface area contributed by atoms with Crippen molar-refractivity contribution in [1.82, 2.24) is 5.32 Å². The van der Waals surface area contributed by atoms with Gasteiger partial charge >= 0.3 is 0 Å². The molecule has 1 amide bonds. The van der Waals surface area contributed by atoms with Crippen molar-refractivity contribution in [3.63, 3.8) is 0 Å². The summed E-state index contributed by atoms with van der Waals surface area (Å²) in [5, 5.41) is 12.4. The van der Waals surface area contributed by atoms with E-state index in [9.17, 15) is 10.1 Å². The van der Waals surface area contributed by atoms with Crippen LogP contribution in [0.5, 0.6) is 0 Å². The number of amides is 1. The summed E-state index contributed by atoms with van der Waals surface area (Å²) in [6.07, 6.45) is 7.21. The van der Waals surface area contributed by atoms with E-state index in [0.29, 0.717) is 32.6 Å². The van der Waals surface area contributed by atoms with Crippen LogP contribution in [-0.2, 0) is 9.53 Å². The average Bonchev–Trinajstić information content (AvgIpc) is 2.46. The van der Waals surface area contributed by atoms with Crippen molar-refractivity contribution in [3.05, 3.63) is 0 Å². The van der Waals surface area contributed by atoms with Gasteiger partial charge in [0.05, 0.1) is 6.07 Å². The molecule has 0 spiro atoms. The highest BCUT2D eigenvalue weighted by atomic mass is 16.5. The summed E-state index contributed by atoms with van der Waals surface area (Å²) in [6, 6.07) is 2.23. The van der Waals surface area contributed by atoms with E-state index in [1.54, 1.807) is 0 Å². The fraction of sp³-hybridized carbons (Fsp3) is 0.867. The van der Waals surface area contributed by atoms with Crippen LogP contribution in [-0.4, -0.2) is 25.7 Å². The van der Waals surface area contributed by atoms with Gasteiger partial charge in [0, 0.05) is 19.8 Å². The molecule has 0 aromatic heterocycles. The Morgan fingerprint density at radius 2 is 1.84 bits per heavy atom. The lowest BCUT2D eigenvalue weighted by Gasteiger charge is -2.35. The molecule has 2 rings (SSSR count). The maximum Gasteiger partial charge on any atom is 0.240 e. The van der Waals surface area contributed by atoms with Gasteiger partial charge < -0.3 is 10.1 Å². The zero-order chi connectivity index (χ0) is 13.8. The molecule has 2 fully saturated rings. The first kappa shape index (κ1) is 14.3. The Kier molecular flexibility index (Phi) is 4.46. The summed E-state index contributed by atoms with van der Waals surface area (Å²) in [5.41, 5.74) is -0.640. The summed E-state index contributed by atoms with van der Waals surface area (Å²) in [4.78, 5) is 12.3. The first-order chi connectivity index (χ1) is 9.10. The molecule has 19 heavy (non-hydrogen) atoms. The predicted octanol–water partition coefficient (Wildman–Crippen LogP) is 2.39. The third-order valence-electron chi connectivity index (χ3n) is 4.73. The van der Waals surface area contributed by atoms with E-state index >= 15 is 0 Å². The van der Waals surface area contributed by atoms with Crippen molar-refractivity contribution in [2.24, 2.45) is 10.8 Å². The van der Waals surface area contributed by atoms with Crippen LogP contribution in [0.1, 0.15) is 51.9 Å². The van der Waals surface area contributed by atoms with Crippen molar-refractivity contribution in [3.8, 4) is 6.07 Å². The van der Waals surface area contributed by atoms with Gasteiger partial charge in [0.2, 0.25) is 5.91 Å². The third kappa shape index (κ3) is 3.27. The minimum absolute atomic E-state index is 0.0925. The number of nitrogens with zero attached hydrogens (tertiary/aromatic N) is 1. The highest BCUT2D eigenvalue weighted by Crippen LogP contribution is 2.36. The monoisotopic (exact) mass is 264 g/mol. The molecule has 1 saturated carbocycles. The van der Waals surface area contributed by atoms with E-state index in [4.69, 9.17) is 4.74 Å². The lowest BCUT2D eigenvalue weighted by molar-refractivity contribution is -0.133. The molecule has 0 unspecified atom stereocenters. The Morgan fingerprint density at radius 3 is 2.42 bits per heavy atom. The molecule has 1 saturated heterocycles. The van der Waals surface area contributed by atoms with Gasteiger partial charge in [0.1, 0.15) is 5.41 Å². The standard InChI is InChI=1S/C15H24N2O2/c1-14(5-3-2-4-6-14)12-17-13(18)15(11-16)7-9-19-10-8-15/h2-10,12H2,1H3,(H,17,18). The second kappa shape index (κ2) is 5.92. The summed E-state index contributed by atoms with van der Waals surface area (Å²) in [5.74, 6) is -0.0925. The Bertz CT molecular complexity index is 361. The van der Waals surface area contributed by atoms with Gasteiger partial charge in [-0.05, 0) is 31.1 Å². The molecule has 0 radical (unpaired) electrons. The smallest absolute Gasteiger partial charge is 0.240 e. The van der Waals surface area contributed by atoms with Gasteiger partial charge in [0.15, 0.2) is 0 Å². The molecule has 1 aliphatic carbocycles. The van der Waals surface area contributed by atoms with Crippen LogP contribution in [0.4, 0.5) is 0 Å². The van der Waals surface area contributed by atoms with Crippen LogP contribution in [0.3, 0.4) is 0 Å². The Morgan fingerprint density at radius 1 is 1.21 bits per heavy atom. The Labute approximate surface area is 115 Å². The molecule has 4 nitrogen and oxygen atoms in total. The number of carbonyl (C=O) groups is 1. The Balaban J connectivity index is 1.91. The summed E-state index contributed by atoms with van der Waals surface area (Å²) in [6.45, 7) is 3.97. The van der Waals surface area contributed by atoms with Crippen LogP contribution >= 0.6 is 0 Å². The van der Waals surface area contributed by atoms with E-state index < -0.39 is 5.41 Å². The van der Waals surface area contributed by atoms with Crippen molar-refractivity contribution >= 4 is 5.91 Å². The first-order valence-corrected chi connectivity index (χ1v) is 7.38. The van der Waals surface area contributed by atoms with Crippen LogP contribution in [0.15, 0.2) is 0 Å². The number of hydrogen-bond acceptors (Lipinski definition) is 3. The topological polar surface area (TPSA) is 62.1 Å². The van der Waals surface area contributed by atoms with Gasteiger partial charge in [-0.15, -0.1) is 0 Å². The number of ether oxygens (including phenoxy) is 1. The van der Waals surface area contributed by atoms with E-state index in [1.807, 2.05) is 0 Å². The SMILES string of the molecule is CC1(CNC(=O)C2(C#N)CCOCC2)CCCCC1. The zero-order valence-electron chi connectivity index (χ0n) is 11.8. The predicted molar refractivity (Wildman–Crippen MR) is 72.3 cm³/mol. The number of nitrogens with one attached hydrogen (secondary N) is 1. The van der Waals surface area contributed by atoms with Gasteiger partial charge in [0.25, 0.3) is 0 Å². The molecule has 2 aliphatic rings. The summed E-state index contributed by atoms with van der Waals surface area (Å²) < 4.78 is 5.26. The first-order valence-electron chi connectivity index (χ1n) is 7.38. The maximum atomic E-state index is 12.3. The number of nitriles is 1. The Hall–Kier alpha value is -1.08. The molecule has 4 heteroatoms. The van der Waals surface area contributed by atoms with Crippen LogP contribution in [0.2, 0.25) is 0 Å². The fourth-order valence-electron chi connectivity index (χ4n) is 3.15. The molecule has 0 bridgehead atoms. The second-order valence-electron chi connectivity index (χ2n) is 6.36. The quantitative estimate of drug-likeness (QED) is 0.851. The molecule has 1 N–H and O–H groups in total. The number of hydrogen-bond donors (Lipinski definition) is 1. The lowest BCUT2D eigenvalue weighted by atomic mass is 9.75. The van der Waals surface area contributed by atoms with E-state index in [2.05, 4.69) is 18.3 Å². The minimum atomic E-state index is -0.858. The van der Waals surface area contributed by atoms with Crippen molar-refractivity contribution < 1.29 is 9.53 Å². The van der Waals surface area contributed by atoms with E-state index in [1.165, 1.54) is 32.1 Å². The number of rotatable bonds is 3. The minimum Gasteiger partial charge on any atom is -0.381 e. The fourth-order valence-corrected chi connectivity index (χ4v) is 3.15. The largest absolute Gasteiger partial charge is 0.381 e. The maximum absolute atomic E-state index is 12.3. The zero-order valence-corrected chi connectivity index (χ0v) is 11.8.